The lowest BCUT2D eigenvalue weighted by atomic mass is 10.00. The largest absolute Gasteiger partial charge is 0.490 e. The van der Waals surface area contributed by atoms with E-state index in [2.05, 4.69) is 10.6 Å². The number of rotatable bonds is 5. The third-order valence-corrected chi connectivity index (χ3v) is 4.18. The van der Waals surface area contributed by atoms with Crippen LogP contribution in [-0.2, 0) is 11.2 Å². The molecular formula is C19H20N4O4. The Hall–Kier alpha value is -3.55. The molecule has 8 heteroatoms. The highest BCUT2D eigenvalue weighted by atomic mass is 16.5. The molecule has 0 bridgehead atoms. The Balaban J connectivity index is 1.65. The number of carboxylic acid groups (broad SMARTS) is 1. The fraction of sp³-hybridized carbons (Fsp3) is 0.211. The summed E-state index contributed by atoms with van der Waals surface area (Å²) in [5.41, 5.74) is 7.95. The quantitative estimate of drug-likeness (QED) is 0.406. The smallest absolute Gasteiger partial charge is 0.307 e. The first-order chi connectivity index (χ1) is 12.9. The number of aryl methyl sites for hydroxylation is 1. The number of hydrogen-bond acceptors (Lipinski definition) is 4. The van der Waals surface area contributed by atoms with Crippen molar-refractivity contribution in [2.45, 2.75) is 25.4 Å². The van der Waals surface area contributed by atoms with Gasteiger partial charge < -0.3 is 26.2 Å². The Labute approximate surface area is 155 Å². The van der Waals surface area contributed by atoms with E-state index in [9.17, 15) is 9.59 Å². The van der Waals surface area contributed by atoms with Crippen LogP contribution in [0.4, 0.5) is 11.4 Å². The van der Waals surface area contributed by atoms with Gasteiger partial charge in [-0.2, -0.15) is 0 Å². The summed E-state index contributed by atoms with van der Waals surface area (Å²) in [6, 6.07) is 11.9. The van der Waals surface area contributed by atoms with Crippen LogP contribution in [0.3, 0.4) is 0 Å². The molecule has 1 heterocycles. The molecule has 0 aliphatic carbocycles. The van der Waals surface area contributed by atoms with Crippen molar-refractivity contribution in [2.24, 2.45) is 5.73 Å². The van der Waals surface area contributed by atoms with Crippen molar-refractivity contribution in [3.05, 3.63) is 53.6 Å². The number of benzene rings is 2. The minimum atomic E-state index is -0.878. The van der Waals surface area contributed by atoms with Gasteiger partial charge in [-0.15, -0.1) is 0 Å². The summed E-state index contributed by atoms with van der Waals surface area (Å²) in [5, 5.41) is 21.6. The molecule has 1 unspecified atom stereocenters. The maximum Gasteiger partial charge on any atom is 0.307 e. The first kappa shape index (κ1) is 18.2. The van der Waals surface area contributed by atoms with Gasteiger partial charge in [0.15, 0.2) is 5.96 Å². The molecule has 0 aromatic heterocycles. The molecule has 0 spiro atoms. The van der Waals surface area contributed by atoms with Crippen LogP contribution in [-0.4, -0.2) is 29.0 Å². The van der Waals surface area contributed by atoms with E-state index in [-0.39, 0.29) is 24.4 Å². The molecule has 8 nitrogen and oxygen atoms in total. The van der Waals surface area contributed by atoms with Crippen LogP contribution in [0.15, 0.2) is 42.5 Å². The van der Waals surface area contributed by atoms with Crippen LogP contribution in [0.1, 0.15) is 28.8 Å². The Kier molecular flexibility index (Phi) is 5.25. The molecule has 2 aromatic rings. The monoisotopic (exact) mass is 368 g/mol. The van der Waals surface area contributed by atoms with Crippen LogP contribution >= 0.6 is 0 Å². The first-order valence-electron chi connectivity index (χ1n) is 8.44. The summed E-state index contributed by atoms with van der Waals surface area (Å²) in [7, 11) is 0. The number of amides is 1. The van der Waals surface area contributed by atoms with Gasteiger partial charge in [0.2, 0.25) is 0 Å². The molecule has 1 aliphatic rings. The summed E-state index contributed by atoms with van der Waals surface area (Å²) in [6.45, 7) is 0. The third-order valence-electron chi connectivity index (χ3n) is 4.18. The second kappa shape index (κ2) is 7.77. The van der Waals surface area contributed by atoms with Crippen molar-refractivity contribution in [2.75, 3.05) is 10.6 Å². The van der Waals surface area contributed by atoms with E-state index >= 15 is 0 Å². The standard InChI is InChI=1S/C19H20N4O4/c20-19(21)23-13-4-1-11(2-5-13)18(26)22-14-6-8-16-12(9-14)3-7-15(27-16)10-17(24)25/h1-2,4-6,8-9,15H,3,7,10H2,(H,22,26)(H,24,25)(H4,20,21,23). The molecule has 2 aromatic carbocycles. The molecule has 1 amide bonds. The number of nitrogens with two attached hydrogens (primary N) is 1. The minimum absolute atomic E-state index is 0.0214. The molecule has 27 heavy (non-hydrogen) atoms. The Morgan fingerprint density at radius 2 is 1.85 bits per heavy atom. The van der Waals surface area contributed by atoms with E-state index in [1.54, 1.807) is 36.4 Å². The van der Waals surface area contributed by atoms with Crippen LogP contribution in [0, 0.1) is 5.41 Å². The first-order valence-corrected chi connectivity index (χ1v) is 8.44. The number of carbonyl (C=O) groups excluding carboxylic acids is 1. The third kappa shape index (κ3) is 4.75. The number of hydrogen-bond donors (Lipinski definition) is 5. The zero-order valence-corrected chi connectivity index (χ0v) is 14.5. The average Bonchev–Trinajstić information content (AvgIpc) is 2.61. The Morgan fingerprint density at radius 1 is 1.15 bits per heavy atom. The fourth-order valence-electron chi connectivity index (χ4n) is 2.92. The summed E-state index contributed by atoms with van der Waals surface area (Å²) < 4.78 is 5.70. The van der Waals surface area contributed by atoms with E-state index < -0.39 is 5.97 Å². The minimum Gasteiger partial charge on any atom is -0.490 e. The number of carbonyl (C=O) groups is 2. The number of guanidine groups is 1. The van der Waals surface area contributed by atoms with Gasteiger partial charge >= 0.3 is 5.97 Å². The van der Waals surface area contributed by atoms with Crippen molar-refractivity contribution in [3.8, 4) is 5.75 Å². The van der Waals surface area contributed by atoms with Gasteiger partial charge in [0.05, 0.1) is 6.42 Å². The number of fused-ring (bicyclic) bond motifs is 1. The zero-order valence-electron chi connectivity index (χ0n) is 14.5. The summed E-state index contributed by atoms with van der Waals surface area (Å²) in [6.07, 6.45) is 0.980. The average molecular weight is 368 g/mol. The van der Waals surface area contributed by atoms with Crippen molar-refractivity contribution in [1.29, 1.82) is 5.41 Å². The highest BCUT2D eigenvalue weighted by Crippen LogP contribution is 2.31. The molecule has 1 atom stereocenters. The number of nitrogens with one attached hydrogen (secondary N) is 3. The normalized spacial score (nSPS) is 15.2. The fourth-order valence-corrected chi connectivity index (χ4v) is 2.92. The van der Waals surface area contributed by atoms with Gasteiger partial charge in [-0.25, -0.2) is 0 Å². The highest BCUT2D eigenvalue weighted by molar-refractivity contribution is 6.04. The van der Waals surface area contributed by atoms with Gasteiger partial charge in [-0.05, 0) is 60.9 Å². The molecule has 0 saturated heterocycles. The molecule has 0 fully saturated rings. The maximum absolute atomic E-state index is 12.4. The van der Waals surface area contributed by atoms with Crippen molar-refractivity contribution in [3.63, 3.8) is 0 Å². The topological polar surface area (TPSA) is 138 Å². The van der Waals surface area contributed by atoms with Crippen LogP contribution in [0.5, 0.6) is 5.75 Å². The van der Waals surface area contributed by atoms with E-state index in [0.717, 1.165) is 5.56 Å². The zero-order chi connectivity index (χ0) is 19.4. The van der Waals surface area contributed by atoms with E-state index in [0.29, 0.717) is 35.5 Å². The van der Waals surface area contributed by atoms with Crippen molar-refractivity contribution in [1.82, 2.24) is 0 Å². The summed E-state index contributed by atoms with van der Waals surface area (Å²) >= 11 is 0. The number of anilines is 2. The van der Waals surface area contributed by atoms with Gasteiger partial charge in [0, 0.05) is 16.9 Å². The number of aliphatic carboxylic acids is 1. The van der Waals surface area contributed by atoms with Crippen LogP contribution in [0.25, 0.3) is 0 Å². The highest BCUT2D eigenvalue weighted by Gasteiger charge is 2.22. The van der Waals surface area contributed by atoms with E-state index in [4.69, 9.17) is 21.0 Å². The lowest BCUT2D eigenvalue weighted by Gasteiger charge is -2.25. The molecule has 0 saturated carbocycles. The SMILES string of the molecule is N=C(N)Nc1ccc(C(=O)Nc2ccc3c(c2)CCC(CC(=O)O)O3)cc1. The predicted molar refractivity (Wildman–Crippen MR) is 101 cm³/mol. The van der Waals surface area contributed by atoms with Gasteiger partial charge in [0.1, 0.15) is 11.9 Å². The Morgan fingerprint density at radius 3 is 2.52 bits per heavy atom. The lowest BCUT2D eigenvalue weighted by Crippen LogP contribution is -2.25. The van der Waals surface area contributed by atoms with Gasteiger partial charge in [0.25, 0.3) is 5.91 Å². The summed E-state index contributed by atoms with van der Waals surface area (Å²) in [4.78, 5) is 23.2. The van der Waals surface area contributed by atoms with E-state index in [1.807, 2.05) is 6.07 Å². The van der Waals surface area contributed by atoms with Crippen molar-refractivity contribution >= 4 is 29.2 Å². The molecule has 0 radical (unpaired) electrons. The number of ether oxygens (including phenoxy) is 1. The Bertz CT molecular complexity index is 880. The molecular weight excluding hydrogens is 348 g/mol. The molecule has 1 aliphatic heterocycles. The van der Waals surface area contributed by atoms with Crippen molar-refractivity contribution < 1.29 is 19.4 Å². The maximum atomic E-state index is 12.4. The predicted octanol–water partition coefficient (Wildman–Crippen LogP) is 2.41. The van der Waals surface area contributed by atoms with E-state index in [1.165, 1.54) is 0 Å². The molecule has 140 valence electrons. The second-order valence-electron chi connectivity index (χ2n) is 6.27. The van der Waals surface area contributed by atoms with Crippen LogP contribution < -0.4 is 21.1 Å². The molecule has 3 rings (SSSR count). The second-order valence-corrected chi connectivity index (χ2v) is 6.27. The van der Waals surface area contributed by atoms with Gasteiger partial charge in [-0.3, -0.25) is 15.0 Å². The van der Waals surface area contributed by atoms with Gasteiger partial charge in [-0.1, -0.05) is 0 Å². The van der Waals surface area contributed by atoms with Crippen LogP contribution in [0.2, 0.25) is 0 Å². The molecule has 6 N–H and O–H groups in total. The number of carboxylic acids is 1. The summed E-state index contributed by atoms with van der Waals surface area (Å²) in [5.74, 6) is -0.652. The lowest BCUT2D eigenvalue weighted by molar-refractivity contribution is -0.139.